The van der Waals surface area contributed by atoms with Crippen LogP contribution in [-0.2, 0) is 10.1 Å². The Labute approximate surface area is 93.0 Å². The average Bonchev–Trinajstić information content (AvgIpc) is 1.80. The molecular formula is C4H8ClNaO4S. The number of aliphatic hydroxyl groups is 1. The third-order valence-electron chi connectivity index (χ3n) is 0.918. The van der Waals surface area contributed by atoms with Gasteiger partial charge in [0, 0.05) is 5.88 Å². The molecule has 11 heavy (non-hydrogen) atoms. The Morgan fingerprint density at radius 3 is 2.27 bits per heavy atom. The monoisotopic (exact) mass is 210 g/mol. The quantitative estimate of drug-likeness (QED) is 0.303. The van der Waals surface area contributed by atoms with Gasteiger partial charge in [-0.25, -0.2) is 8.42 Å². The van der Waals surface area contributed by atoms with Gasteiger partial charge in [-0.05, 0) is 12.8 Å². The molecule has 0 fully saturated rings. The third-order valence-corrected chi connectivity index (χ3v) is 2.09. The Morgan fingerprint density at radius 1 is 1.55 bits per heavy atom. The van der Waals surface area contributed by atoms with E-state index in [1.54, 1.807) is 0 Å². The molecule has 0 aliphatic heterocycles. The van der Waals surface area contributed by atoms with Gasteiger partial charge in [0.25, 0.3) is 0 Å². The van der Waals surface area contributed by atoms with Crippen LogP contribution in [0.5, 0.6) is 0 Å². The van der Waals surface area contributed by atoms with Crippen molar-refractivity contribution in [3.8, 4) is 0 Å². The van der Waals surface area contributed by atoms with Crippen molar-refractivity contribution in [1.29, 1.82) is 0 Å². The molecule has 0 rings (SSSR count). The maximum Gasteiger partial charge on any atom is 1.00 e. The predicted octanol–water partition coefficient (Wildman–Crippen LogP) is -3.13. The van der Waals surface area contributed by atoms with Gasteiger partial charge in [-0.3, -0.25) is 0 Å². The van der Waals surface area contributed by atoms with Gasteiger partial charge in [0.05, 0.1) is 0 Å². The summed E-state index contributed by atoms with van der Waals surface area (Å²) in [4.78, 5) is 0. The van der Waals surface area contributed by atoms with Crippen molar-refractivity contribution in [2.75, 3.05) is 5.88 Å². The first kappa shape index (κ1) is 14.7. The molecule has 1 atom stereocenters. The molecule has 0 bridgehead atoms. The standard InChI is InChI=1S/C4H9ClO4S.Na/c5-3-1-2-4(6)10(7,8)9;/h4,6H,1-3H2,(H,7,8,9);/q;+1/p-1. The van der Waals surface area contributed by atoms with Gasteiger partial charge in [0.15, 0.2) is 0 Å². The minimum atomic E-state index is -4.53. The molecule has 1 N–H and O–H groups in total. The van der Waals surface area contributed by atoms with E-state index in [1.807, 2.05) is 0 Å². The molecule has 0 radical (unpaired) electrons. The second kappa shape index (κ2) is 6.65. The number of hydrogen-bond acceptors (Lipinski definition) is 4. The molecule has 0 saturated carbocycles. The largest absolute Gasteiger partial charge is 1.00 e. The molecule has 0 amide bonds. The first-order chi connectivity index (χ1) is 4.48. The topological polar surface area (TPSA) is 77.4 Å². The summed E-state index contributed by atoms with van der Waals surface area (Å²) < 4.78 is 30.0. The van der Waals surface area contributed by atoms with Crippen LogP contribution in [-0.4, -0.2) is 29.4 Å². The van der Waals surface area contributed by atoms with Crippen molar-refractivity contribution in [3.63, 3.8) is 0 Å². The maximum atomic E-state index is 9.99. The van der Waals surface area contributed by atoms with Crippen molar-refractivity contribution < 1.29 is 47.6 Å². The van der Waals surface area contributed by atoms with Crippen LogP contribution in [0.3, 0.4) is 0 Å². The number of halogens is 1. The van der Waals surface area contributed by atoms with E-state index in [-0.39, 0.29) is 41.9 Å². The molecule has 0 saturated heterocycles. The van der Waals surface area contributed by atoms with Crippen molar-refractivity contribution in [2.24, 2.45) is 0 Å². The van der Waals surface area contributed by atoms with Gasteiger partial charge < -0.3 is 9.66 Å². The zero-order chi connectivity index (χ0) is 8.20. The second-order valence-corrected chi connectivity index (χ2v) is 3.69. The summed E-state index contributed by atoms with van der Waals surface area (Å²) in [5, 5.41) is 8.56. The first-order valence-electron chi connectivity index (χ1n) is 2.67. The number of alkyl halides is 1. The molecule has 1 unspecified atom stereocenters. The van der Waals surface area contributed by atoms with Crippen LogP contribution in [0.1, 0.15) is 12.8 Å². The molecule has 0 aliphatic carbocycles. The molecule has 0 spiro atoms. The molecule has 4 nitrogen and oxygen atoms in total. The van der Waals surface area contributed by atoms with Gasteiger partial charge in [-0.2, -0.15) is 0 Å². The van der Waals surface area contributed by atoms with Crippen molar-refractivity contribution >= 4 is 21.7 Å². The summed E-state index contributed by atoms with van der Waals surface area (Å²) in [6, 6.07) is 0. The first-order valence-corrected chi connectivity index (χ1v) is 4.68. The molecular weight excluding hydrogens is 203 g/mol. The van der Waals surface area contributed by atoms with Crippen molar-refractivity contribution in [2.45, 2.75) is 18.3 Å². The summed E-state index contributed by atoms with van der Waals surface area (Å²) in [6.45, 7) is 0. The molecule has 0 heterocycles. The third kappa shape index (κ3) is 7.52. The van der Waals surface area contributed by atoms with Crippen LogP contribution in [0.2, 0.25) is 0 Å². The molecule has 0 aromatic heterocycles. The van der Waals surface area contributed by atoms with Gasteiger partial charge in [0.2, 0.25) is 0 Å². The van der Waals surface area contributed by atoms with Gasteiger partial charge in [0.1, 0.15) is 15.6 Å². The van der Waals surface area contributed by atoms with E-state index in [9.17, 15) is 13.0 Å². The SMILES string of the molecule is O=S(=O)([O-])C(O)CCCCl.[Na+]. The van der Waals surface area contributed by atoms with Crippen LogP contribution >= 0.6 is 11.6 Å². The normalized spacial score (nSPS) is 13.7. The van der Waals surface area contributed by atoms with Crippen LogP contribution in [0.15, 0.2) is 0 Å². The Kier molecular flexibility index (Phi) is 8.87. The van der Waals surface area contributed by atoms with E-state index < -0.39 is 15.6 Å². The van der Waals surface area contributed by atoms with E-state index in [0.717, 1.165) is 0 Å². The van der Waals surface area contributed by atoms with Crippen LogP contribution in [0, 0.1) is 0 Å². The van der Waals surface area contributed by atoms with E-state index in [2.05, 4.69) is 0 Å². The number of aliphatic hydroxyl groups excluding tert-OH is 1. The number of rotatable bonds is 4. The van der Waals surface area contributed by atoms with Crippen LogP contribution in [0.4, 0.5) is 0 Å². The molecule has 62 valence electrons. The van der Waals surface area contributed by atoms with E-state index in [1.165, 1.54) is 0 Å². The molecule has 7 heteroatoms. The summed E-state index contributed by atoms with van der Waals surface area (Å²) in [6.07, 6.45) is 0.236. The maximum absolute atomic E-state index is 9.99. The Morgan fingerprint density at radius 2 is 2.00 bits per heavy atom. The summed E-state index contributed by atoms with van der Waals surface area (Å²) in [5.74, 6) is 0.243. The summed E-state index contributed by atoms with van der Waals surface area (Å²) in [7, 11) is -4.53. The second-order valence-electron chi connectivity index (χ2n) is 1.78. The number of hydrogen-bond donors (Lipinski definition) is 1. The zero-order valence-electron chi connectivity index (χ0n) is 6.16. The Hall–Kier alpha value is 1.16. The van der Waals surface area contributed by atoms with E-state index in [4.69, 9.17) is 16.7 Å². The fraction of sp³-hybridized carbons (Fsp3) is 1.00. The molecule has 0 aliphatic rings. The fourth-order valence-corrected chi connectivity index (χ4v) is 1.01. The summed E-state index contributed by atoms with van der Waals surface area (Å²) >= 11 is 5.19. The van der Waals surface area contributed by atoms with Crippen LogP contribution < -0.4 is 29.6 Å². The average molecular weight is 211 g/mol. The Balaban J connectivity index is 0. The van der Waals surface area contributed by atoms with Crippen LogP contribution in [0.25, 0.3) is 0 Å². The van der Waals surface area contributed by atoms with Gasteiger partial charge in [-0.15, -0.1) is 11.6 Å². The van der Waals surface area contributed by atoms with Crippen molar-refractivity contribution in [3.05, 3.63) is 0 Å². The molecule has 0 aromatic rings. The van der Waals surface area contributed by atoms with E-state index >= 15 is 0 Å². The molecule has 0 aromatic carbocycles. The van der Waals surface area contributed by atoms with Gasteiger partial charge >= 0.3 is 29.6 Å². The zero-order valence-corrected chi connectivity index (χ0v) is 9.73. The van der Waals surface area contributed by atoms with E-state index in [0.29, 0.717) is 6.42 Å². The summed E-state index contributed by atoms with van der Waals surface area (Å²) in [5.41, 5.74) is -1.80. The minimum absolute atomic E-state index is 0. The smallest absolute Gasteiger partial charge is 0.746 e. The Bertz CT molecular complexity index is 181. The predicted molar refractivity (Wildman–Crippen MR) is 35.7 cm³/mol. The fourth-order valence-electron chi connectivity index (χ4n) is 0.396. The van der Waals surface area contributed by atoms with Gasteiger partial charge in [-0.1, -0.05) is 0 Å². The van der Waals surface area contributed by atoms with Crippen molar-refractivity contribution in [1.82, 2.24) is 0 Å². The minimum Gasteiger partial charge on any atom is -0.746 e.